The van der Waals surface area contributed by atoms with Crippen LogP contribution in [0, 0.1) is 0 Å². The van der Waals surface area contributed by atoms with Gasteiger partial charge in [0.2, 0.25) is 10.0 Å². The predicted molar refractivity (Wildman–Crippen MR) is 73.6 cm³/mol. The van der Waals surface area contributed by atoms with Gasteiger partial charge in [0.15, 0.2) is 0 Å². The Bertz CT molecular complexity index is 527. The van der Waals surface area contributed by atoms with E-state index in [9.17, 15) is 13.2 Å². The minimum Gasteiger partial charge on any atom is -0.468 e. The maximum absolute atomic E-state index is 11.6. The molecule has 7 heteroatoms. The average Bonchev–Trinajstić information content (AvgIpc) is 2.39. The average molecular weight is 306 g/mol. The standard InChI is InChI=1S/C12H16ClNO4S/c1-3-19(16,17)14-11(12(15)18-2)8-9-4-6-10(13)7-5-9/h4-7,11,14H,3,8H2,1-2H3. The van der Waals surface area contributed by atoms with Gasteiger partial charge in [-0.1, -0.05) is 23.7 Å². The molecule has 1 rings (SSSR count). The molecule has 0 spiro atoms. The molecule has 0 aliphatic heterocycles. The van der Waals surface area contributed by atoms with Gasteiger partial charge in [0.05, 0.1) is 12.9 Å². The highest BCUT2D eigenvalue weighted by molar-refractivity contribution is 7.89. The van der Waals surface area contributed by atoms with Gasteiger partial charge >= 0.3 is 5.97 Å². The van der Waals surface area contributed by atoms with Crippen LogP contribution in [0.4, 0.5) is 0 Å². The number of esters is 1. The van der Waals surface area contributed by atoms with Gasteiger partial charge in [0, 0.05) is 5.02 Å². The maximum atomic E-state index is 11.6. The van der Waals surface area contributed by atoms with E-state index in [0.29, 0.717) is 5.02 Å². The summed E-state index contributed by atoms with van der Waals surface area (Å²) in [5.74, 6) is -0.715. The highest BCUT2D eigenvalue weighted by Gasteiger charge is 2.24. The third-order valence-electron chi connectivity index (χ3n) is 2.54. The van der Waals surface area contributed by atoms with Gasteiger partial charge in [-0.25, -0.2) is 13.1 Å². The molecule has 0 bridgehead atoms. The molecule has 0 saturated carbocycles. The number of methoxy groups -OCH3 is 1. The molecule has 1 unspecified atom stereocenters. The minimum absolute atomic E-state index is 0.0961. The molecule has 1 atom stereocenters. The minimum atomic E-state index is -3.48. The van der Waals surface area contributed by atoms with Crippen LogP contribution < -0.4 is 4.72 Å². The third kappa shape index (κ3) is 5.18. The first-order valence-corrected chi connectivity index (χ1v) is 7.73. The van der Waals surface area contributed by atoms with Crippen LogP contribution in [0.15, 0.2) is 24.3 Å². The molecule has 1 aromatic rings. The first kappa shape index (κ1) is 15.9. The summed E-state index contributed by atoms with van der Waals surface area (Å²) in [6.07, 6.45) is 0.211. The molecule has 106 valence electrons. The van der Waals surface area contributed by atoms with Crippen molar-refractivity contribution in [2.45, 2.75) is 19.4 Å². The Labute approximate surface area is 118 Å². The van der Waals surface area contributed by atoms with Gasteiger partial charge in [0.25, 0.3) is 0 Å². The fraction of sp³-hybridized carbons (Fsp3) is 0.417. The van der Waals surface area contributed by atoms with Crippen molar-refractivity contribution in [3.8, 4) is 0 Å². The van der Waals surface area contributed by atoms with E-state index in [4.69, 9.17) is 11.6 Å². The smallest absolute Gasteiger partial charge is 0.324 e. The summed E-state index contributed by atoms with van der Waals surface area (Å²) in [6.45, 7) is 1.50. The van der Waals surface area contributed by atoms with E-state index in [0.717, 1.165) is 5.56 Å². The Balaban J connectivity index is 2.86. The Hall–Kier alpha value is -1.11. The van der Waals surface area contributed by atoms with E-state index in [1.807, 2.05) is 0 Å². The zero-order chi connectivity index (χ0) is 14.5. The lowest BCUT2D eigenvalue weighted by atomic mass is 10.1. The van der Waals surface area contributed by atoms with E-state index in [-0.39, 0.29) is 12.2 Å². The number of benzene rings is 1. The van der Waals surface area contributed by atoms with Crippen molar-refractivity contribution < 1.29 is 17.9 Å². The number of nitrogens with one attached hydrogen (secondary N) is 1. The van der Waals surface area contributed by atoms with Crippen molar-refractivity contribution in [3.63, 3.8) is 0 Å². The first-order valence-electron chi connectivity index (χ1n) is 5.70. The van der Waals surface area contributed by atoms with Gasteiger partial charge in [-0.3, -0.25) is 4.79 Å². The number of rotatable bonds is 6. The van der Waals surface area contributed by atoms with Crippen LogP contribution in [-0.2, 0) is 26.0 Å². The monoisotopic (exact) mass is 305 g/mol. The molecule has 0 aromatic heterocycles. The summed E-state index contributed by atoms with van der Waals surface area (Å²) in [7, 11) is -2.26. The van der Waals surface area contributed by atoms with Crippen LogP contribution in [0.25, 0.3) is 0 Å². The van der Waals surface area contributed by atoms with E-state index in [1.165, 1.54) is 14.0 Å². The number of sulfonamides is 1. The Morgan fingerprint density at radius 1 is 1.37 bits per heavy atom. The first-order chi connectivity index (χ1) is 8.88. The van der Waals surface area contributed by atoms with Crippen LogP contribution in [0.2, 0.25) is 5.02 Å². The lowest BCUT2D eigenvalue weighted by Gasteiger charge is -2.16. The highest BCUT2D eigenvalue weighted by Crippen LogP contribution is 2.12. The lowest BCUT2D eigenvalue weighted by Crippen LogP contribution is -2.43. The molecule has 0 heterocycles. The Kier molecular flexibility index (Phi) is 5.78. The third-order valence-corrected chi connectivity index (χ3v) is 4.20. The Morgan fingerprint density at radius 2 is 1.95 bits per heavy atom. The molecule has 0 radical (unpaired) electrons. The highest BCUT2D eigenvalue weighted by atomic mass is 35.5. The molecular weight excluding hydrogens is 290 g/mol. The topological polar surface area (TPSA) is 72.5 Å². The quantitative estimate of drug-likeness (QED) is 0.806. The van der Waals surface area contributed by atoms with Gasteiger partial charge in [-0.2, -0.15) is 0 Å². The van der Waals surface area contributed by atoms with E-state index >= 15 is 0 Å². The molecule has 5 nitrogen and oxygen atoms in total. The SMILES string of the molecule is CCS(=O)(=O)NC(Cc1ccc(Cl)cc1)C(=O)OC. The van der Waals surface area contributed by atoms with Crippen LogP contribution >= 0.6 is 11.6 Å². The molecule has 0 aliphatic rings. The molecule has 0 amide bonds. The normalized spacial score (nSPS) is 13.0. The second-order valence-electron chi connectivity index (χ2n) is 3.93. The summed E-state index contributed by atoms with van der Waals surface area (Å²) >= 11 is 5.76. The molecular formula is C12H16ClNO4S. The van der Waals surface area contributed by atoms with Crippen molar-refractivity contribution in [1.82, 2.24) is 4.72 Å². The number of ether oxygens (including phenoxy) is 1. The van der Waals surface area contributed by atoms with Crippen molar-refractivity contribution in [2.24, 2.45) is 0 Å². The molecule has 19 heavy (non-hydrogen) atoms. The number of halogens is 1. The summed E-state index contributed by atoms with van der Waals surface area (Å²) in [5, 5.41) is 0.576. The lowest BCUT2D eigenvalue weighted by molar-refractivity contribution is -0.142. The Morgan fingerprint density at radius 3 is 2.42 bits per heavy atom. The van der Waals surface area contributed by atoms with Gasteiger partial charge in [0.1, 0.15) is 6.04 Å². The second-order valence-corrected chi connectivity index (χ2v) is 6.41. The molecule has 0 fully saturated rings. The summed E-state index contributed by atoms with van der Waals surface area (Å²) in [4.78, 5) is 11.6. The summed E-state index contributed by atoms with van der Waals surface area (Å²) < 4.78 is 30.0. The van der Waals surface area contributed by atoms with Crippen molar-refractivity contribution >= 4 is 27.6 Å². The zero-order valence-corrected chi connectivity index (χ0v) is 12.3. The fourth-order valence-corrected chi connectivity index (χ4v) is 2.38. The molecule has 0 aliphatic carbocycles. The zero-order valence-electron chi connectivity index (χ0n) is 10.7. The number of hydrogen-bond donors (Lipinski definition) is 1. The van der Waals surface area contributed by atoms with Crippen LogP contribution in [0.3, 0.4) is 0 Å². The summed E-state index contributed by atoms with van der Waals surface area (Å²) in [6, 6.07) is 5.90. The van der Waals surface area contributed by atoms with Crippen molar-refractivity contribution in [2.75, 3.05) is 12.9 Å². The van der Waals surface area contributed by atoms with E-state index < -0.39 is 22.0 Å². The summed E-state index contributed by atoms with van der Waals surface area (Å²) in [5.41, 5.74) is 0.790. The molecule has 1 aromatic carbocycles. The van der Waals surface area contributed by atoms with Gasteiger partial charge < -0.3 is 4.74 Å². The largest absolute Gasteiger partial charge is 0.468 e. The fourth-order valence-electron chi connectivity index (χ4n) is 1.47. The maximum Gasteiger partial charge on any atom is 0.324 e. The van der Waals surface area contributed by atoms with E-state index in [2.05, 4.69) is 9.46 Å². The molecule has 1 N–H and O–H groups in total. The second kappa shape index (κ2) is 6.88. The molecule has 0 saturated heterocycles. The van der Waals surface area contributed by atoms with Crippen molar-refractivity contribution in [3.05, 3.63) is 34.9 Å². The number of carbonyl (C=O) groups is 1. The van der Waals surface area contributed by atoms with E-state index in [1.54, 1.807) is 24.3 Å². The number of carbonyl (C=O) groups excluding carboxylic acids is 1. The van der Waals surface area contributed by atoms with Crippen LogP contribution in [-0.4, -0.2) is 33.3 Å². The number of hydrogen-bond acceptors (Lipinski definition) is 4. The van der Waals surface area contributed by atoms with Crippen LogP contribution in [0.1, 0.15) is 12.5 Å². The van der Waals surface area contributed by atoms with Gasteiger partial charge in [-0.15, -0.1) is 0 Å². The predicted octanol–water partition coefficient (Wildman–Crippen LogP) is 1.36. The van der Waals surface area contributed by atoms with Crippen molar-refractivity contribution in [1.29, 1.82) is 0 Å². The van der Waals surface area contributed by atoms with Gasteiger partial charge in [-0.05, 0) is 31.0 Å². The van der Waals surface area contributed by atoms with Crippen LogP contribution in [0.5, 0.6) is 0 Å².